The highest BCUT2D eigenvalue weighted by molar-refractivity contribution is 5.94. The lowest BCUT2D eigenvalue weighted by Crippen LogP contribution is -2.33. The molecule has 2 aromatic rings. The molecule has 27 heavy (non-hydrogen) atoms. The van der Waals surface area contributed by atoms with E-state index < -0.39 is 11.6 Å². The van der Waals surface area contributed by atoms with Gasteiger partial charge in [0.15, 0.2) is 17.5 Å². The van der Waals surface area contributed by atoms with E-state index in [1.54, 1.807) is 7.05 Å². The lowest BCUT2D eigenvalue weighted by Gasteiger charge is -2.14. The summed E-state index contributed by atoms with van der Waals surface area (Å²) in [5.74, 6) is 0.733. The Labute approximate surface area is 156 Å². The summed E-state index contributed by atoms with van der Waals surface area (Å²) in [5.41, 5.74) is 0.933. The number of anilines is 1. The van der Waals surface area contributed by atoms with Crippen molar-refractivity contribution in [2.24, 2.45) is 4.99 Å². The Balaban J connectivity index is 1.42. The van der Waals surface area contributed by atoms with Gasteiger partial charge >= 0.3 is 0 Å². The van der Waals surface area contributed by atoms with Crippen molar-refractivity contribution in [3.8, 4) is 11.5 Å². The molecule has 142 valence electrons. The van der Waals surface area contributed by atoms with Crippen molar-refractivity contribution in [1.82, 2.24) is 5.32 Å². The molecule has 7 heteroatoms. The number of nitrogens with one attached hydrogen (secondary N) is 2. The Morgan fingerprint density at radius 2 is 1.81 bits per heavy atom. The maximum Gasteiger partial charge on any atom is 0.195 e. The fourth-order valence-corrected chi connectivity index (χ4v) is 3.25. The molecule has 1 saturated carbocycles. The average Bonchev–Trinajstić information content (AvgIpc) is 3.44. The summed E-state index contributed by atoms with van der Waals surface area (Å²) >= 11 is 0. The topological polar surface area (TPSA) is 54.9 Å². The Hall–Kier alpha value is -2.83. The third-order valence-corrected chi connectivity index (χ3v) is 4.72. The third kappa shape index (κ3) is 3.82. The summed E-state index contributed by atoms with van der Waals surface area (Å²) < 4.78 is 39.2. The predicted octanol–water partition coefficient (Wildman–Crippen LogP) is 3.67. The van der Waals surface area contributed by atoms with Gasteiger partial charge in [-0.05, 0) is 30.7 Å². The van der Waals surface area contributed by atoms with E-state index in [0.29, 0.717) is 31.3 Å². The van der Waals surface area contributed by atoms with Gasteiger partial charge < -0.3 is 20.1 Å². The third-order valence-electron chi connectivity index (χ3n) is 4.72. The minimum Gasteiger partial charge on any atom is -0.490 e. The molecule has 1 aliphatic heterocycles. The van der Waals surface area contributed by atoms with E-state index in [1.165, 1.54) is 18.2 Å². The lowest BCUT2D eigenvalue weighted by atomic mass is 10.1. The molecule has 2 aromatic carbocycles. The highest BCUT2D eigenvalue weighted by atomic mass is 19.1. The number of nitrogens with zero attached hydrogens (tertiary/aromatic N) is 1. The molecule has 5 nitrogen and oxygen atoms in total. The number of fused-ring (bicyclic) bond motifs is 1. The SMILES string of the molecule is CN=C(Nc1ccc2c(c1)OCCCO2)NC1CC1c1c(F)cccc1F. The second-order valence-electron chi connectivity index (χ2n) is 6.64. The molecule has 0 spiro atoms. The molecule has 1 aliphatic carbocycles. The van der Waals surface area contributed by atoms with Gasteiger partial charge in [0.2, 0.25) is 0 Å². The fraction of sp³-hybridized carbons (Fsp3) is 0.350. The minimum atomic E-state index is -0.504. The molecular formula is C20H21F2N3O2. The van der Waals surface area contributed by atoms with E-state index in [1.807, 2.05) is 18.2 Å². The summed E-state index contributed by atoms with van der Waals surface area (Å²) in [6, 6.07) is 9.48. The zero-order chi connectivity index (χ0) is 18.8. The van der Waals surface area contributed by atoms with E-state index in [4.69, 9.17) is 9.47 Å². The van der Waals surface area contributed by atoms with E-state index in [-0.39, 0.29) is 17.5 Å². The largest absolute Gasteiger partial charge is 0.490 e. The Morgan fingerprint density at radius 1 is 1.07 bits per heavy atom. The first-order valence-electron chi connectivity index (χ1n) is 8.99. The monoisotopic (exact) mass is 373 g/mol. The van der Waals surface area contributed by atoms with Crippen molar-refractivity contribution in [3.63, 3.8) is 0 Å². The average molecular weight is 373 g/mol. The van der Waals surface area contributed by atoms with Gasteiger partial charge in [0.1, 0.15) is 11.6 Å². The molecule has 2 unspecified atom stereocenters. The normalized spacial score (nSPS) is 21.4. The number of hydrogen-bond donors (Lipinski definition) is 2. The Bertz CT molecular complexity index is 852. The molecule has 2 aliphatic rings. The van der Waals surface area contributed by atoms with Gasteiger partial charge in [-0.25, -0.2) is 8.78 Å². The highest BCUT2D eigenvalue weighted by Crippen LogP contribution is 2.43. The van der Waals surface area contributed by atoms with E-state index >= 15 is 0 Å². The van der Waals surface area contributed by atoms with Gasteiger partial charge in [-0.1, -0.05) is 6.07 Å². The maximum absolute atomic E-state index is 13.9. The second-order valence-corrected chi connectivity index (χ2v) is 6.64. The smallest absolute Gasteiger partial charge is 0.195 e. The van der Waals surface area contributed by atoms with Crippen LogP contribution in [0.25, 0.3) is 0 Å². The number of aliphatic imine (C=N–C) groups is 1. The van der Waals surface area contributed by atoms with E-state index in [9.17, 15) is 8.78 Å². The van der Waals surface area contributed by atoms with Gasteiger partial charge in [-0.2, -0.15) is 0 Å². The standard InChI is InChI=1S/C20H21F2N3O2/c1-23-20(24-12-6-7-17-18(10-12)27-9-3-8-26-17)25-16-11-13(16)19-14(21)4-2-5-15(19)22/h2,4-7,10,13,16H,3,8-9,11H2,1H3,(H2,23,24,25). The highest BCUT2D eigenvalue weighted by Gasteiger charge is 2.42. The molecule has 0 saturated heterocycles. The number of hydrogen-bond acceptors (Lipinski definition) is 3. The first kappa shape index (κ1) is 17.6. The molecular weight excluding hydrogens is 352 g/mol. The van der Waals surface area contributed by atoms with Gasteiger partial charge in [-0.3, -0.25) is 4.99 Å². The first-order chi connectivity index (χ1) is 13.2. The Kier molecular flexibility index (Phi) is 4.83. The summed E-state index contributed by atoms with van der Waals surface area (Å²) in [6.45, 7) is 1.25. The number of rotatable bonds is 3. The van der Waals surface area contributed by atoms with Crippen LogP contribution in [0.4, 0.5) is 14.5 Å². The van der Waals surface area contributed by atoms with Gasteiger partial charge in [0, 0.05) is 42.7 Å². The van der Waals surface area contributed by atoms with Crippen LogP contribution >= 0.6 is 0 Å². The number of halogens is 2. The minimum absolute atomic E-state index is 0.0667. The lowest BCUT2D eigenvalue weighted by molar-refractivity contribution is 0.297. The van der Waals surface area contributed by atoms with Crippen LogP contribution in [0.2, 0.25) is 0 Å². The van der Waals surface area contributed by atoms with Crippen LogP contribution in [-0.2, 0) is 0 Å². The molecule has 0 bridgehead atoms. The quantitative estimate of drug-likeness (QED) is 0.637. The van der Waals surface area contributed by atoms with E-state index in [0.717, 1.165) is 17.9 Å². The molecule has 1 fully saturated rings. The zero-order valence-electron chi connectivity index (χ0n) is 15.0. The number of ether oxygens (including phenoxy) is 2. The van der Waals surface area contributed by atoms with E-state index in [2.05, 4.69) is 15.6 Å². The van der Waals surface area contributed by atoms with Crippen LogP contribution in [0, 0.1) is 11.6 Å². The van der Waals surface area contributed by atoms with Crippen molar-refractivity contribution >= 4 is 11.6 Å². The van der Waals surface area contributed by atoms with Gasteiger partial charge in [-0.15, -0.1) is 0 Å². The van der Waals surface area contributed by atoms with Crippen LogP contribution in [-0.4, -0.2) is 32.3 Å². The van der Waals surface area contributed by atoms with Gasteiger partial charge in [0.25, 0.3) is 0 Å². The zero-order valence-corrected chi connectivity index (χ0v) is 15.0. The summed E-state index contributed by atoms with van der Waals surface area (Å²) in [5, 5.41) is 6.41. The van der Waals surface area contributed by atoms with Crippen molar-refractivity contribution < 1.29 is 18.3 Å². The summed E-state index contributed by atoms with van der Waals surface area (Å²) in [4.78, 5) is 4.20. The summed E-state index contributed by atoms with van der Waals surface area (Å²) in [7, 11) is 1.65. The molecule has 4 rings (SSSR count). The first-order valence-corrected chi connectivity index (χ1v) is 8.99. The fourth-order valence-electron chi connectivity index (χ4n) is 3.25. The van der Waals surface area contributed by atoms with Crippen LogP contribution in [0.1, 0.15) is 24.3 Å². The van der Waals surface area contributed by atoms with Crippen LogP contribution in [0.5, 0.6) is 11.5 Å². The molecule has 0 radical (unpaired) electrons. The van der Waals surface area contributed by atoms with Crippen LogP contribution < -0.4 is 20.1 Å². The van der Waals surface area contributed by atoms with Crippen LogP contribution in [0.3, 0.4) is 0 Å². The molecule has 2 atom stereocenters. The van der Waals surface area contributed by atoms with Crippen molar-refractivity contribution in [2.75, 3.05) is 25.6 Å². The van der Waals surface area contributed by atoms with Crippen molar-refractivity contribution in [3.05, 3.63) is 53.6 Å². The Morgan fingerprint density at radius 3 is 2.56 bits per heavy atom. The number of benzene rings is 2. The number of guanidine groups is 1. The molecule has 2 N–H and O–H groups in total. The van der Waals surface area contributed by atoms with Gasteiger partial charge in [0.05, 0.1) is 13.2 Å². The molecule has 0 aromatic heterocycles. The van der Waals surface area contributed by atoms with Crippen molar-refractivity contribution in [2.45, 2.75) is 24.8 Å². The van der Waals surface area contributed by atoms with Crippen LogP contribution in [0.15, 0.2) is 41.4 Å². The predicted molar refractivity (Wildman–Crippen MR) is 99.7 cm³/mol. The molecule has 0 amide bonds. The second kappa shape index (κ2) is 7.42. The summed E-state index contributed by atoms with van der Waals surface area (Å²) in [6.07, 6.45) is 1.50. The molecule has 1 heterocycles. The maximum atomic E-state index is 13.9. The van der Waals surface area contributed by atoms with Crippen molar-refractivity contribution in [1.29, 1.82) is 0 Å².